The molecule has 11 heteroatoms. The molecule has 2 N–H and O–H groups in total. The Kier molecular flexibility index (Phi) is 8.85. The molecule has 0 aliphatic heterocycles. The predicted octanol–water partition coefficient (Wildman–Crippen LogP) is 6.54. The van der Waals surface area contributed by atoms with Gasteiger partial charge in [0.05, 0.1) is 28.5 Å². The van der Waals surface area contributed by atoms with Gasteiger partial charge in [0.15, 0.2) is 5.82 Å². The van der Waals surface area contributed by atoms with Crippen LogP contribution in [0.3, 0.4) is 0 Å². The second kappa shape index (κ2) is 12.9. The van der Waals surface area contributed by atoms with Gasteiger partial charge in [-0.3, -0.25) is 19.3 Å². The van der Waals surface area contributed by atoms with Crippen LogP contribution in [0, 0.1) is 13.8 Å². The van der Waals surface area contributed by atoms with E-state index in [-0.39, 0.29) is 35.2 Å². The van der Waals surface area contributed by atoms with Crippen molar-refractivity contribution in [1.82, 2.24) is 20.1 Å². The van der Waals surface area contributed by atoms with E-state index in [9.17, 15) is 14.4 Å². The standard InChI is InChI=1S/C32H26Cl2N6O3/c1-20-16-22(33)18-25(29(20)37-32(43)27-17-21(2)38-40(27)30-26(34)14-9-15-35-30)31(42)36-19-28(41)39(23-10-5-3-6-11-23)24-12-7-4-8-13-24/h3-18H,19H2,1-2H3,(H,36,42)(H,37,43). The molecule has 3 amide bonds. The molecular weight excluding hydrogens is 587 g/mol. The number of rotatable bonds is 8. The van der Waals surface area contributed by atoms with Crippen molar-refractivity contribution in [1.29, 1.82) is 0 Å². The second-order valence-electron chi connectivity index (χ2n) is 9.57. The summed E-state index contributed by atoms with van der Waals surface area (Å²) in [6, 6.07) is 26.3. The number of hydrogen-bond acceptors (Lipinski definition) is 5. The number of halogens is 2. The largest absolute Gasteiger partial charge is 0.343 e. The lowest BCUT2D eigenvalue weighted by atomic mass is 10.1. The topological polar surface area (TPSA) is 109 Å². The molecule has 0 saturated carbocycles. The van der Waals surface area contributed by atoms with Gasteiger partial charge in [-0.1, -0.05) is 59.6 Å². The van der Waals surface area contributed by atoms with Gasteiger partial charge in [0.25, 0.3) is 17.7 Å². The predicted molar refractivity (Wildman–Crippen MR) is 168 cm³/mol. The zero-order chi connectivity index (χ0) is 30.5. The molecule has 0 aliphatic rings. The minimum absolute atomic E-state index is 0.0933. The molecular formula is C32H26Cl2N6O3. The van der Waals surface area contributed by atoms with Crippen LogP contribution in [0.2, 0.25) is 10.0 Å². The Hall–Kier alpha value is -4.99. The normalized spacial score (nSPS) is 10.7. The lowest BCUT2D eigenvalue weighted by molar-refractivity contribution is -0.117. The smallest absolute Gasteiger partial charge is 0.274 e. The third-order valence-electron chi connectivity index (χ3n) is 6.47. The van der Waals surface area contributed by atoms with Crippen LogP contribution in [0.4, 0.5) is 17.1 Å². The van der Waals surface area contributed by atoms with Crippen molar-refractivity contribution in [3.05, 3.63) is 130 Å². The number of carbonyl (C=O) groups is 3. The van der Waals surface area contributed by atoms with E-state index in [1.807, 2.05) is 60.7 Å². The number of para-hydroxylation sites is 2. The SMILES string of the molecule is Cc1cc(C(=O)Nc2c(C)cc(Cl)cc2C(=O)NCC(=O)N(c2ccccc2)c2ccccc2)n(-c2ncccc2Cl)n1. The maximum absolute atomic E-state index is 13.5. The van der Waals surface area contributed by atoms with Crippen LogP contribution in [0.1, 0.15) is 32.1 Å². The number of carbonyl (C=O) groups excluding carboxylic acids is 3. The van der Waals surface area contributed by atoms with Gasteiger partial charge in [0.1, 0.15) is 5.69 Å². The number of anilines is 3. The maximum Gasteiger partial charge on any atom is 0.274 e. The van der Waals surface area contributed by atoms with Crippen LogP contribution < -0.4 is 15.5 Å². The molecule has 5 aromatic rings. The number of hydrogen-bond donors (Lipinski definition) is 2. The molecule has 2 aromatic heterocycles. The first-order valence-electron chi connectivity index (χ1n) is 13.2. The van der Waals surface area contributed by atoms with E-state index in [4.69, 9.17) is 23.2 Å². The number of aryl methyl sites for hydroxylation is 2. The van der Waals surface area contributed by atoms with Gasteiger partial charge in [0, 0.05) is 22.6 Å². The molecule has 2 heterocycles. The van der Waals surface area contributed by atoms with E-state index in [0.29, 0.717) is 32.7 Å². The number of nitrogens with one attached hydrogen (secondary N) is 2. The van der Waals surface area contributed by atoms with E-state index in [0.717, 1.165) is 0 Å². The third-order valence-corrected chi connectivity index (χ3v) is 6.98. The number of benzene rings is 3. The number of aromatic nitrogens is 3. The summed E-state index contributed by atoms with van der Waals surface area (Å²) in [7, 11) is 0. The van der Waals surface area contributed by atoms with Crippen molar-refractivity contribution >= 4 is 58.0 Å². The Morgan fingerprint density at radius 3 is 2.12 bits per heavy atom. The molecule has 0 saturated heterocycles. The summed E-state index contributed by atoms with van der Waals surface area (Å²) in [5.41, 5.74) is 2.91. The monoisotopic (exact) mass is 612 g/mol. The van der Waals surface area contributed by atoms with E-state index in [1.165, 1.54) is 15.6 Å². The Balaban J connectivity index is 1.40. The summed E-state index contributed by atoms with van der Waals surface area (Å²) < 4.78 is 1.35. The van der Waals surface area contributed by atoms with Gasteiger partial charge < -0.3 is 10.6 Å². The summed E-state index contributed by atoms with van der Waals surface area (Å²) in [4.78, 5) is 46.3. The van der Waals surface area contributed by atoms with E-state index in [2.05, 4.69) is 20.7 Å². The fraction of sp³-hybridized carbons (Fsp3) is 0.0938. The Morgan fingerprint density at radius 2 is 1.49 bits per heavy atom. The van der Waals surface area contributed by atoms with Gasteiger partial charge in [-0.25, -0.2) is 9.67 Å². The van der Waals surface area contributed by atoms with Crippen LogP contribution in [-0.4, -0.2) is 39.0 Å². The molecule has 0 atom stereocenters. The summed E-state index contributed by atoms with van der Waals surface area (Å²) >= 11 is 12.6. The average Bonchev–Trinajstić information content (AvgIpc) is 3.40. The van der Waals surface area contributed by atoms with Crippen LogP contribution in [0.15, 0.2) is 97.2 Å². The van der Waals surface area contributed by atoms with E-state index in [1.54, 1.807) is 44.3 Å². The van der Waals surface area contributed by atoms with Crippen molar-refractivity contribution in [3.8, 4) is 5.82 Å². The molecule has 0 bridgehead atoms. The first-order chi connectivity index (χ1) is 20.7. The highest BCUT2D eigenvalue weighted by atomic mass is 35.5. The summed E-state index contributed by atoms with van der Waals surface area (Å²) in [5, 5.41) is 10.5. The fourth-order valence-corrected chi connectivity index (χ4v) is 5.02. The van der Waals surface area contributed by atoms with Gasteiger partial charge in [-0.15, -0.1) is 0 Å². The van der Waals surface area contributed by atoms with Crippen LogP contribution in [0.25, 0.3) is 5.82 Å². The first kappa shape index (κ1) is 29.5. The minimum Gasteiger partial charge on any atom is -0.343 e. The molecule has 0 radical (unpaired) electrons. The van der Waals surface area contributed by atoms with Gasteiger partial charge >= 0.3 is 0 Å². The van der Waals surface area contributed by atoms with Gasteiger partial charge in [-0.05, 0) is 74.0 Å². The minimum atomic E-state index is -0.590. The molecule has 0 fully saturated rings. The van der Waals surface area contributed by atoms with Crippen LogP contribution in [0.5, 0.6) is 0 Å². The van der Waals surface area contributed by atoms with Gasteiger partial charge in [-0.2, -0.15) is 5.10 Å². The van der Waals surface area contributed by atoms with Crippen LogP contribution >= 0.6 is 23.2 Å². The highest BCUT2D eigenvalue weighted by Crippen LogP contribution is 2.28. The molecule has 5 rings (SSSR count). The summed E-state index contributed by atoms with van der Waals surface area (Å²) in [6.45, 7) is 3.14. The number of amides is 3. The zero-order valence-electron chi connectivity index (χ0n) is 23.2. The molecule has 3 aromatic carbocycles. The van der Waals surface area contributed by atoms with Crippen molar-refractivity contribution < 1.29 is 14.4 Å². The van der Waals surface area contributed by atoms with E-state index >= 15 is 0 Å². The molecule has 0 unspecified atom stereocenters. The van der Waals surface area contributed by atoms with Crippen molar-refractivity contribution in [2.45, 2.75) is 13.8 Å². The molecule has 0 spiro atoms. The third kappa shape index (κ3) is 6.58. The quantitative estimate of drug-likeness (QED) is 0.207. The molecule has 9 nitrogen and oxygen atoms in total. The second-order valence-corrected chi connectivity index (χ2v) is 10.4. The van der Waals surface area contributed by atoms with Crippen LogP contribution in [-0.2, 0) is 4.79 Å². The van der Waals surface area contributed by atoms with Gasteiger partial charge in [0.2, 0.25) is 0 Å². The number of pyridine rings is 1. The summed E-state index contributed by atoms with van der Waals surface area (Å²) in [6.07, 6.45) is 1.55. The fourth-order valence-electron chi connectivity index (χ4n) is 4.54. The lowest BCUT2D eigenvalue weighted by Crippen LogP contribution is -2.38. The van der Waals surface area contributed by atoms with E-state index < -0.39 is 11.8 Å². The highest BCUT2D eigenvalue weighted by Gasteiger charge is 2.24. The lowest BCUT2D eigenvalue weighted by Gasteiger charge is -2.23. The summed E-state index contributed by atoms with van der Waals surface area (Å²) in [5.74, 6) is -1.21. The molecule has 216 valence electrons. The zero-order valence-corrected chi connectivity index (χ0v) is 24.7. The Labute approximate surface area is 258 Å². The number of nitrogens with zero attached hydrogens (tertiary/aromatic N) is 4. The maximum atomic E-state index is 13.5. The van der Waals surface area contributed by atoms with Crippen molar-refractivity contribution in [2.75, 3.05) is 16.8 Å². The molecule has 43 heavy (non-hydrogen) atoms. The Bertz CT molecular complexity index is 1770. The highest BCUT2D eigenvalue weighted by molar-refractivity contribution is 6.32. The molecule has 0 aliphatic carbocycles. The van der Waals surface area contributed by atoms with Crippen molar-refractivity contribution in [2.24, 2.45) is 0 Å². The first-order valence-corrected chi connectivity index (χ1v) is 14.0. The van der Waals surface area contributed by atoms with Crippen molar-refractivity contribution in [3.63, 3.8) is 0 Å². The Morgan fingerprint density at radius 1 is 0.837 bits per heavy atom. The average molecular weight is 614 g/mol.